The standard InChI is InChI=1S/C22H24Cl2N2O2/c1-22(9-20(27)28)13-25(14-22)10-15-5-7-17(8-6-15)26-11-16(12-26)21-18(23)3-2-4-19(21)24/h2-8,16H,9-14H2,1H3,(H,27,28). The molecule has 2 heterocycles. The number of carboxylic acid groups (broad SMARTS) is 1. The maximum absolute atomic E-state index is 10.9. The van der Waals surface area contributed by atoms with Crippen molar-refractivity contribution in [3.05, 3.63) is 63.6 Å². The molecule has 0 bridgehead atoms. The number of anilines is 1. The molecular weight excluding hydrogens is 395 g/mol. The molecule has 4 nitrogen and oxygen atoms in total. The van der Waals surface area contributed by atoms with Crippen molar-refractivity contribution in [1.29, 1.82) is 0 Å². The maximum atomic E-state index is 10.9. The lowest BCUT2D eigenvalue weighted by Gasteiger charge is -2.47. The monoisotopic (exact) mass is 418 g/mol. The van der Waals surface area contributed by atoms with Gasteiger partial charge in [-0.05, 0) is 35.4 Å². The lowest BCUT2D eigenvalue weighted by molar-refractivity contribution is -0.143. The molecule has 1 N–H and O–H groups in total. The molecule has 0 saturated carbocycles. The minimum atomic E-state index is -0.711. The zero-order valence-corrected chi connectivity index (χ0v) is 17.4. The molecular formula is C22H24Cl2N2O2. The van der Waals surface area contributed by atoms with Gasteiger partial charge in [0.05, 0.1) is 6.42 Å². The van der Waals surface area contributed by atoms with E-state index in [2.05, 4.69) is 34.1 Å². The third kappa shape index (κ3) is 4.00. The average Bonchev–Trinajstić information content (AvgIpc) is 2.55. The fraction of sp³-hybridized carbons (Fsp3) is 0.409. The van der Waals surface area contributed by atoms with Crippen molar-refractivity contribution < 1.29 is 9.90 Å². The fourth-order valence-electron chi connectivity index (χ4n) is 4.47. The first-order valence-corrected chi connectivity index (χ1v) is 10.3. The van der Waals surface area contributed by atoms with Crippen molar-refractivity contribution in [2.45, 2.75) is 25.8 Å². The minimum Gasteiger partial charge on any atom is -0.481 e. The number of likely N-dealkylation sites (tertiary alicyclic amines) is 1. The van der Waals surface area contributed by atoms with Gasteiger partial charge in [0.1, 0.15) is 0 Å². The molecule has 2 aliphatic heterocycles. The second kappa shape index (κ2) is 7.58. The number of hydrogen-bond acceptors (Lipinski definition) is 3. The molecule has 4 rings (SSSR count). The fourth-order valence-corrected chi connectivity index (χ4v) is 5.17. The summed E-state index contributed by atoms with van der Waals surface area (Å²) in [5, 5.41) is 10.5. The van der Waals surface area contributed by atoms with E-state index in [1.807, 2.05) is 25.1 Å². The van der Waals surface area contributed by atoms with Crippen molar-refractivity contribution in [3.8, 4) is 0 Å². The number of aliphatic carboxylic acids is 1. The van der Waals surface area contributed by atoms with Gasteiger partial charge in [0, 0.05) is 59.8 Å². The van der Waals surface area contributed by atoms with Crippen molar-refractivity contribution in [3.63, 3.8) is 0 Å². The topological polar surface area (TPSA) is 43.8 Å². The van der Waals surface area contributed by atoms with Crippen LogP contribution >= 0.6 is 23.2 Å². The normalized spacial score (nSPS) is 19.2. The molecule has 2 aromatic carbocycles. The van der Waals surface area contributed by atoms with Gasteiger partial charge in [-0.2, -0.15) is 0 Å². The number of benzene rings is 2. The van der Waals surface area contributed by atoms with Crippen LogP contribution in [0.4, 0.5) is 5.69 Å². The van der Waals surface area contributed by atoms with E-state index in [0.29, 0.717) is 5.92 Å². The van der Waals surface area contributed by atoms with Gasteiger partial charge in [-0.1, -0.05) is 48.3 Å². The zero-order chi connectivity index (χ0) is 19.9. The van der Waals surface area contributed by atoms with Crippen LogP contribution in [0.5, 0.6) is 0 Å². The van der Waals surface area contributed by atoms with Gasteiger partial charge in [-0.15, -0.1) is 0 Å². The summed E-state index contributed by atoms with van der Waals surface area (Å²) in [5.74, 6) is -0.341. The van der Waals surface area contributed by atoms with Crippen LogP contribution in [0, 0.1) is 5.41 Å². The Kier molecular flexibility index (Phi) is 5.30. The number of rotatable bonds is 6. The van der Waals surface area contributed by atoms with Crippen LogP contribution in [-0.4, -0.2) is 42.2 Å². The molecule has 2 aliphatic rings. The van der Waals surface area contributed by atoms with Crippen LogP contribution in [-0.2, 0) is 11.3 Å². The van der Waals surface area contributed by atoms with Gasteiger partial charge >= 0.3 is 5.97 Å². The van der Waals surface area contributed by atoms with E-state index in [9.17, 15) is 4.79 Å². The molecule has 28 heavy (non-hydrogen) atoms. The Morgan fingerprint density at radius 2 is 1.71 bits per heavy atom. The van der Waals surface area contributed by atoms with Crippen molar-refractivity contribution >= 4 is 34.9 Å². The number of carbonyl (C=O) groups is 1. The average molecular weight is 419 g/mol. The largest absolute Gasteiger partial charge is 0.481 e. The molecule has 0 unspecified atom stereocenters. The number of nitrogens with zero attached hydrogens (tertiary/aromatic N) is 2. The van der Waals surface area contributed by atoms with E-state index in [0.717, 1.165) is 48.3 Å². The van der Waals surface area contributed by atoms with Crippen molar-refractivity contribution in [2.75, 3.05) is 31.1 Å². The van der Waals surface area contributed by atoms with Gasteiger partial charge in [-0.3, -0.25) is 9.69 Å². The van der Waals surface area contributed by atoms with Gasteiger partial charge in [0.15, 0.2) is 0 Å². The molecule has 0 aliphatic carbocycles. The van der Waals surface area contributed by atoms with E-state index >= 15 is 0 Å². The second-order valence-corrected chi connectivity index (χ2v) is 9.24. The molecule has 2 aromatic rings. The Morgan fingerprint density at radius 1 is 1.11 bits per heavy atom. The first-order chi connectivity index (χ1) is 13.3. The van der Waals surface area contributed by atoms with E-state index in [-0.39, 0.29) is 11.8 Å². The highest BCUT2D eigenvalue weighted by Gasteiger charge is 2.40. The summed E-state index contributed by atoms with van der Waals surface area (Å²) in [7, 11) is 0. The Morgan fingerprint density at radius 3 is 2.29 bits per heavy atom. The van der Waals surface area contributed by atoms with Crippen LogP contribution in [0.3, 0.4) is 0 Å². The highest BCUT2D eigenvalue weighted by Crippen LogP contribution is 2.39. The lowest BCUT2D eigenvalue weighted by atomic mass is 9.79. The van der Waals surface area contributed by atoms with Gasteiger partial charge in [-0.25, -0.2) is 0 Å². The SMILES string of the molecule is CC1(CC(=O)O)CN(Cc2ccc(N3CC(c4c(Cl)cccc4Cl)C3)cc2)C1. The lowest BCUT2D eigenvalue weighted by Crippen LogP contribution is -2.54. The van der Waals surface area contributed by atoms with E-state index < -0.39 is 5.97 Å². The molecule has 6 heteroatoms. The molecule has 0 radical (unpaired) electrons. The molecule has 2 fully saturated rings. The van der Waals surface area contributed by atoms with Crippen LogP contribution in [0.15, 0.2) is 42.5 Å². The van der Waals surface area contributed by atoms with Crippen molar-refractivity contribution in [1.82, 2.24) is 4.90 Å². The Balaban J connectivity index is 1.30. The van der Waals surface area contributed by atoms with Gasteiger partial charge in [0.2, 0.25) is 0 Å². The molecule has 0 spiro atoms. The van der Waals surface area contributed by atoms with Crippen LogP contribution in [0.1, 0.15) is 30.4 Å². The molecule has 148 valence electrons. The minimum absolute atomic E-state index is 0.0849. The second-order valence-electron chi connectivity index (χ2n) is 8.43. The van der Waals surface area contributed by atoms with Crippen LogP contribution in [0.2, 0.25) is 10.0 Å². The summed E-state index contributed by atoms with van der Waals surface area (Å²) < 4.78 is 0. The Labute approximate surface area is 175 Å². The van der Waals surface area contributed by atoms with E-state index in [1.54, 1.807) is 0 Å². The smallest absolute Gasteiger partial charge is 0.303 e. The predicted octanol–water partition coefficient (Wildman–Crippen LogP) is 4.89. The van der Waals surface area contributed by atoms with Crippen LogP contribution < -0.4 is 4.90 Å². The third-order valence-corrected chi connectivity index (χ3v) is 6.45. The van der Waals surface area contributed by atoms with E-state index in [4.69, 9.17) is 28.3 Å². The maximum Gasteiger partial charge on any atom is 0.303 e. The highest BCUT2D eigenvalue weighted by molar-refractivity contribution is 6.36. The summed E-state index contributed by atoms with van der Waals surface area (Å²) >= 11 is 12.7. The summed E-state index contributed by atoms with van der Waals surface area (Å²) in [4.78, 5) is 15.6. The predicted molar refractivity (Wildman–Crippen MR) is 113 cm³/mol. The van der Waals surface area contributed by atoms with Crippen LogP contribution in [0.25, 0.3) is 0 Å². The quantitative estimate of drug-likeness (QED) is 0.724. The van der Waals surface area contributed by atoms with Gasteiger partial charge in [0.25, 0.3) is 0 Å². The van der Waals surface area contributed by atoms with E-state index in [1.165, 1.54) is 11.3 Å². The van der Waals surface area contributed by atoms with Gasteiger partial charge < -0.3 is 10.0 Å². The first kappa shape index (κ1) is 19.6. The first-order valence-electron chi connectivity index (χ1n) is 9.55. The Hall–Kier alpha value is -1.75. The Bertz CT molecular complexity index is 852. The zero-order valence-electron chi connectivity index (χ0n) is 15.9. The summed E-state index contributed by atoms with van der Waals surface area (Å²) in [6, 6.07) is 14.3. The third-order valence-electron chi connectivity index (χ3n) is 5.79. The summed E-state index contributed by atoms with van der Waals surface area (Å²) in [6.07, 6.45) is 0.244. The number of halogens is 2. The summed E-state index contributed by atoms with van der Waals surface area (Å²) in [6.45, 7) is 6.44. The molecule has 0 amide bonds. The van der Waals surface area contributed by atoms with Crippen molar-refractivity contribution in [2.24, 2.45) is 5.41 Å². The molecule has 0 atom stereocenters. The summed E-state index contributed by atoms with van der Waals surface area (Å²) in [5.41, 5.74) is 3.44. The highest BCUT2D eigenvalue weighted by atomic mass is 35.5. The number of hydrogen-bond donors (Lipinski definition) is 1. The molecule has 2 saturated heterocycles. The number of carboxylic acids is 1. The molecule has 0 aromatic heterocycles.